The van der Waals surface area contributed by atoms with Gasteiger partial charge in [-0.05, 0) is 49.8 Å². The second-order valence-corrected chi connectivity index (χ2v) is 7.58. The highest BCUT2D eigenvalue weighted by atomic mass is 16.6. The number of aliphatic hydroxyl groups excluding tert-OH is 1. The van der Waals surface area contributed by atoms with E-state index in [0.717, 1.165) is 24.8 Å². The molecule has 9 heteroatoms. The second-order valence-electron chi connectivity index (χ2n) is 7.58. The molecule has 0 aliphatic heterocycles. The van der Waals surface area contributed by atoms with Crippen LogP contribution in [0.4, 0.5) is 0 Å². The zero-order valence-electron chi connectivity index (χ0n) is 17.6. The van der Waals surface area contributed by atoms with Crippen LogP contribution in [0.25, 0.3) is 0 Å². The number of amides is 2. The van der Waals surface area contributed by atoms with Crippen molar-refractivity contribution in [2.24, 2.45) is 5.92 Å². The van der Waals surface area contributed by atoms with Crippen LogP contribution in [-0.4, -0.2) is 52.7 Å². The summed E-state index contributed by atoms with van der Waals surface area (Å²) in [6, 6.07) is 5.89. The van der Waals surface area contributed by atoms with Gasteiger partial charge in [-0.1, -0.05) is 39.3 Å². The number of rotatable bonds is 12. The molecule has 0 saturated heterocycles. The highest BCUT2D eigenvalue weighted by Crippen LogP contribution is 2.10. The van der Waals surface area contributed by atoms with Crippen molar-refractivity contribution in [1.29, 1.82) is 0 Å². The van der Waals surface area contributed by atoms with E-state index >= 15 is 0 Å². The molecule has 0 radical (unpaired) electrons. The lowest BCUT2D eigenvalue weighted by atomic mass is 10.0. The van der Waals surface area contributed by atoms with Crippen molar-refractivity contribution >= 4 is 19.1 Å². The monoisotopic (exact) mass is 408 g/mol. The molecule has 8 nitrogen and oxygen atoms in total. The fraction of sp³-hybridized carbons (Fsp3) is 0.600. The molecule has 0 spiro atoms. The summed E-state index contributed by atoms with van der Waals surface area (Å²) < 4.78 is 4.88. The van der Waals surface area contributed by atoms with Gasteiger partial charge < -0.3 is 30.4 Å². The lowest BCUT2D eigenvalue weighted by molar-refractivity contribution is -0.128. The summed E-state index contributed by atoms with van der Waals surface area (Å²) in [4.78, 5) is 25.1. The zero-order valence-corrected chi connectivity index (χ0v) is 17.6. The minimum absolute atomic E-state index is 0.102. The van der Waals surface area contributed by atoms with Gasteiger partial charge >= 0.3 is 7.32 Å². The predicted octanol–water partition coefficient (Wildman–Crippen LogP) is 0.983. The number of carbonyl (C=O) groups excluding carboxylic acids is 2. The van der Waals surface area contributed by atoms with E-state index < -0.39 is 37.5 Å². The normalized spacial score (nSPS) is 14.2. The molecule has 0 fully saturated rings. The maximum Gasteiger partial charge on any atom is 0.635 e. The van der Waals surface area contributed by atoms with Crippen molar-refractivity contribution in [2.45, 2.75) is 71.8 Å². The molecule has 0 aliphatic carbocycles. The molecule has 1 rings (SSSR count). The van der Waals surface area contributed by atoms with Gasteiger partial charge in [0.2, 0.25) is 5.91 Å². The van der Waals surface area contributed by atoms with Crippen LogP contribution in [0.15, 0.2) is 24.3 Å². The van der Waals surface area contributed by atoms with E-state index in [1.165, 1.54) is 6.92 Å². The topological polar surface area (TPSA) is 128 Å². The molecule has 162 valence electrons. The molecular formula is C20H33BN2O6. The first-order chi connectivity index (χ1) is 13.6. The summed E-state index contributed by atoms with van der Waals surface area (Å²) >= 11 is 0. The smallest absolute Gasteiger partial charge is 0.402 e. The van der Waals surface area contributed by atoms with Crippen molar-refractivity contribution < 1.29 is 29.4 Å². The maximum atomic E-state index is 12.6. The van der Waals surface area contributed by atoms with E-state index in [9.17, 15) is 14.7 Å². The first-order valence-corrected chi connectivity index (χ1v) is 10.0. The predicted molar refractivity (Wildman–Crippen MR) is 111 cm³/mol. The van der Waals surface area contributed by atoms with E-state index in [1.54, 1.807) is 12.1 Å². The Morgan fingerprint density at radius 1 is 1.10 bits per heavy atom. The van der Waals surface area contributed by atoms with Gasteiger partial charge in [0, 0.05) is 5.56 Å². The third-order valence-corrected chi connectivity index (χ3v) is 4.36. The summed E-state index contributed by atoms with van der Waals surface area (Å²) in [5, 5.41) is 33.1. The van der Waals surface area contributed by atoms with Crippen LogP contribution in [0.5, 0.6) is 0 Å². The first kappa shape index (κ1) is 25.1. The molecule has 0 aromatic heterocycles. The third-order valence-electron chi connectivity index (χ3n) is 4.36. The largest absolute Gasteiger partial charge is 0.635 e. The molecule has 3 atom stereocenters. The first-order valence-electron chi connectivity index (χ1n) is 10.0. The average molecular weight is 408 g/mol. The van der Waals surface area contributed by atoms with Gasteiger partial charge in [-0.25, -0.2) is 0 Å². The summed E-state index contributed by atoms with van der Waals surface area (Å²) in [5.41, 5.74) is 1.51. The van der Waals surface area contributed by atoms with Crippen molar-refractivity contribution in [1.82, 2.24) is 10.6 Å². The molecule has 0 heterocycles. The van der Waals surface area contributed by atoms with Gasteiger partial charge in [-0.3, -0.25) is 9.59 Å². The molecule has 2 amide bonds. The van der Waals surface area contributed by atoms with E-state index in [-0.39, 0.29) is 5.92 Å². The minimum atomic E-state index is -2.05. The van der Waals surface area contributed by atoms with Crippen LogP contribution in [0, 0.1) is 5.92 Å². The Morgan fingerprint density at radius 2 is 1.72 bits per heavy atom. The Bertz CT molecular complexity index is 626. The van der Waals surface area contributed by atoms with Gasteiger partial charge in [0.1, 0.15) is 12.3 Å². The number of hydrogen-bond donors (Lipinski definition) is 5. The van der Waals surface area contributed by atoms with Crippen LogP contribution in [0.2, 0.25) is 0 Å². The Morgan fingerprint density at radius 3 is 2.21 bits per heavy atom. The summed E-state index contributed by atoms with van der Waals surface area (Å²) in [5.74, 6) is -1.07. The molecule has 0 bridgehead atoms. The van der Waals surface area contributed by atoms with E-state index in [2.05, 4.69) is 17.6 Å². The molecule has 1 aromatic rings. The van der Waals surface area contributed by atoms with Gasteiger partial charge in [-0.2, -0.15) is 0 Å². The molecule has 0 unspecified atom stereocenters. The summed E-state index contributed by atoms with van der Waals surface area (Å²) in [7, 11) is -2.05. The van der Waals surface area contributed by atoms with E-state index in [0.29, 0.717) is 12.0 Å². The zero-order chi connectivity index (χ0) is 22.0. The third kappa shape index (κ3) is 9.40. The Hall–Kier alpha value is -1.94. The number of unbranched alkanes of at least 4 members (excludes halogenated alkanes) is 1. The molecular weight excluding hydrogens is 375 g/mol. The molecule has 29 heavy (non-hydrogen) atoms. The Labute approximate surface area is 172 Å². The number of benzene rings is 1. The SMILES string of the molecule is CCCCc1ccc(C(=O)N[C@H](C(=O)N[C@@H](CC(C)C)OB(O)O)[C@@H](C)O)cc1. The lowest BCUT2D eigenvalue weighted by Gasteiger charge is -2.26. The maximum absolute atomic E-state index is 12.6. The summed E-state index contributed by atoms with van der Waals surface area (Å²) in [6.45, 7) is 7.26. The van der Waals surface area contributed by atoms with Crippen LogP contribution in [0.1, 0.15) is 62.9 Å². The number of nitrogens with one attached hydrogen (secondary N) is 2. The van der Waals surface area contributed by atoms with Crippen LogP contribution in [-0.2, 0) is 15.9 Å². The van der Waals surface area contributed by atoms with Gasteiger partial charge in [-0.15, -0.1) is 0 Å². The van der Waals surface area contributed by atoms with Crippen LogP contribution >= 0.6 is 0 Å². The van der Waals surface area contributed by atoms with E-state index in [1.807, 2.05) is 26.0 Å². The van der Waals surface area contributed by atoms with Crippen molar-refractivity contribution in [3.63, 3.8) is 0 Å². The van der Waals surface area contributed by atoms with Crippen molar-refractivity contribution in [3.05, 3.63) is 35.4 Å². The standard InChI is InChI=1S/C20H33BN2O6/c1-5-6-7-15-8-10-16(11-9-15)19(25)23-18(14(4)24)20(26)22-17(12-13(2)3)29-21(27)28/h8-11,13-14,17-18,24,27-28H,5-7,12H2,1-4H3,(H,22,26)(H,23,25)/t14-,17-,18+/m1/s1. The lowest BCUT2D eigenvalue weighted by Crippen LogP contribution is -2.55. The molecule has 0 aliphatic rings. The average Bonchev–Trinajstić information content (AvgIpc) is 2.63. The van der Waals surface area contributed by atoms with E-state index in [4.69, 9.17) is 14.7 Å². The van der Waals surface area contributed by atoms with Crippen LogP contribution in [0.3, 0.4) is 0 Å². The van der Waals surface area contributed by atoms with Crippen LogP contribution < -0.4 is 10.6 Å². The minimum Gasteiger partial charge on any atom is -0.402 e. The number of hydrogen-bond acceptors (Lipinski definition) is 6. The van der Waals surface area contributed by atoms with Gasteiger partial charge in [0.15, 0.2) is 0 Å². The number of aliphatic hydroxyl groups is 1. The highest BCUT2D eigenvalue weighted by molar-refractivity contribution is 6.32. The fourth-order valence-corrected chi connectivity index (χ4v) is 2.81. The Balaban J connectivity index is 2.79. The van der Waals surface area contributed by atoms with Crippen molar-refractivity contribution in [3.8, 4) is 0 Å². The van der Waals surface area contributed by atoms with Gasteiger partial charge in [0.25, 0.3) is 5.91 Å². The second kappa shape index (κ2) is 12.6. The number of carbonyl (C=O) groups is 2. The highest BCUT2D eigenvalue weighted by Gasteiger charge is 2.29. The molecule has 0 saturated carbocycles. The quantitative estimate of drug-likeness (QED) is 0.259. The van der Waals surface area contributed by atoms with Gasteiger partial charge in [0.05, 0.1) is 6.10 Å². The number of aryl methyl sites for hydroxylation is 1. The van der Waals surface area contributed by atoms with Crippen molar-refractivity contribution in [2.75, 3.05) is 0 Å². The molecule has 1 aromatic carbocycles. The molecule has 5 N–H and O–H groups in total. The summed E-state index contributed by atoms with van der Waals surface area (Å²) in [6.07, 6.45) is 1.27. The Kier molecular flexibility index (Phi) is 10.9. The fourth-order valence-electron chi connectivity index (χ4n) is 2.81.